The topological polar surface area (TPSA) is 71.8 Å². The number of aryl methyl sites for hydroxylation is 1. The SMILES string of the molecule is CC1=C(C(=O)Nc2ccccc2C)[C@@H](/C=C/c2ccccc2)n2ncnc2N1. The maximum absolute atomic E-state index is 13.2. The number of anilines is 2. The van der Waals surface area contributed by atoms with Crippen molar-refractivity contribution in [2.45, 2.75) is 19.9 Å². The monoisotopic (exact) mass is 371 g/mol. The van der Waals surface area contributed by atoms with Crippen LogP contribution in [0, 0.1) is 6.92 Å². The highest BCUT2D eigenvalue weighted by molar-refractivity contribution is 6.06. The predicted octanol–water partition coefficient (Wildman–Crippen LogP) is 4.18. The number of benzene rings is 2. The van der Waals surface area contributed by atoms with Crippen LogP contribution in [0.5, 0.6) is 0 Å². The molecule has 0 aliphatic carbocycles. The Morgan fingerprint density at radius 1 is 1.11 bits per heavy atom. The lowest BCUT2D eigenvalue weighted by molar-refractivity contribution is -0.113. The molecule has 2 N–H and O–H groups in total. The Morgan fingerprint density at radius 3 is 2.64 bits per heavy atom. The van der Waals surface area contributed by atoms with Crippen LogP contribution in [0.2, 0.25) is 0 Å². The maximum Gasteiger partial charge on any atom is 0.255 e. The van der Waals surface area contributed by atoms with Crippen LogP contribution in [-0.2, 0) is 4.79 Å². The van der Waals surface area contributed by atoms with E-state index in [1.54, 1.807) is 4.68 Å². The van der Waals surface area contributed by atoms with Crippen LogP contribution in [0.4, 0.5) is 11.6 Å². The second-order valence-corrected chi connectivity index (χ2v) is 6.68. The standard InChI is InChI=1S/C22H21N5O/c1-15-8-6-7-11-18(15)26-21(28)20-16(2)25-22-23-14-24-27(22)19(20)13-12-17-9-4-3-5-10-17/h3-14,19H,1-2H3,(H,26,28)(H,23,24,25)/b13-12+/t19-/m1/s1. The zero-order valence-electron chi connectivity index (χ0n) is 15.8. The van der Waals surface area contributed by atoms with Crippen LogP contribution < -0.4 is 10.6 Å². The van der Waals surface area contributed by atoms with E-state index in [4.69, 9.17) is 0 Å². The Balaban J connectivity index is 1.69. The van der Waals surface area contributed by atoms with E-state index in [1.165, 1.54) is 6.33 Å². The van der Waals surface area contributed by atoms with Gasteiger partial charge in [-0.3, -0.25) is 4.79 Å². The van der Waals surface area contributed by atoms with E-state index in [1.807, 2.05) is 80.6 Å². The molecule has 2 heterocycles. The molecular formula is C22H21N5O. The molecule has 1 aliphatic rings. The molecule has 0 radical (unpaired) electrons. The molecule has 6 heteroatoms. The van der Waals surface area contributed by atoms with Crippen molar-refractivity contribution in [3.8, 4) is 0 Å². The molecule has 0 spiro atoms. The summed E-state index contributed by atoms with van der Waals surface area (Å²) in [6.45, 7) is 3.85. The van der Waals surface area contributed by atoms with Gasteiger partial charge in [0.2, 0.25) is 5.95 Å². The minimum atomic E-state index is -0.358. The summed E-state index contributed by atoms with van der Waals surface area (Å²) in [6.07, 6.45) is 5.46. The zero-order chi connectivity index (χ0) is 19.5. The van der Waals surface area contributed by atoms with Crippen molar-refractivity contribution in [1.29, 1.82) is 0 Å². The van der Waals surface area contributed by atoms with E-state index < -0.39 is 0 Å². The summed E-state index contributed by atoms with van der Waals surface area (Å²) in [5, 5.41) is 10.5. The molecule has 1 amide bonds. The number of aromatic nitrogens is 3. The van der Waals surface area contributed by atoms with Crippen LogP contribution in [0.25, 0.3) is 6.08 Å². The lowest BCUT2D eigenvalue weighted by atomic mass is 10.0. The van der Waals surface area contributed by atoms with E-state index in [0.29, 0.717) is 11.5 Å². The normalized spacial score (nSPS) is 16.0. The third-order valence-corrected chi connectivity index (χ3v) is 4.74. The lowest BCUT2D eigenvalue weighted by Gasteiger charge is -2.26. The lowest BCUT2D eigenvalue weighted by Crippen LogP contribution is -2.30. The number of amides is 1. The molecule has 0 bridgehead atoms. The first kappa shape index (κ1) is 17.7. The molecule has 28 heavy (non-hydrogen) atoms. The summed E-state index contributed by atoms with van der Waals surface area (Å²) in [5.74, 6) is 0.454. The number of hydrogen-bond donors (Lipinski definition) is 2. The summed E-state index contributed by atoms with van der Waals surface area (Å²) >= 11 is 0. The molecule has 140 valence electrons. The first-order valence-electron chi connectivity index (χ1n) is 9.11. The van der Waals surface area contributed by atoms with Gasteiger partial charge in [-0.05, 0) is 31.0 Å². The Morgan fingerprint density at radius 2 is 1.86 bits per heavy atom. The fourth-order valence-corrected chi connectivity index (χ4v) is 3.27. The molecule has 0 saturated heterocycles. The Hall–Kier alpha value is -3.67. The van der Waals surface area contributed by atoms with Crippen LogP contribution >= 0.6 is 0 Å². The van der Waals surface area contributed by atoms with Gasteiger partial charge in [0.15, 0.2) is 0 Å². The third kappa shape index (κ3) is 3.44. The fourth-order valence-electron chi connectivity index (χ4n) is 3.27. The smallest absolute Gasteiger partial charge is 0.255 e. The zero-order valence-corrected chi connectivity index (χ0v) is 15.8. The van der Waals surface area contributed by atoms with Crippen molar-refractivity contribution in [2.24, 2.45) is 0 Å². The molecule has 1 atom stereocenters. The van der Waals surface area contributed by atoms with Crippen LogP contribution in [-0.4, -0.2) is 20.7 Å². The van der Waals surface area contributed by atoms with Gasteiger partial charge in [0.25, 0.3) is 5.91 Å². The number of carbonyl (C=O) groups excluding carboxylic acids is 1. The number of rotatable bonds is 4. The maximum atomic E-state index is 13.2. The number of para-hydroxylation sites is 1. The van der Waals surface area contributed by atoms with Crippen LogP contribution in [0.3, 0.4) is 0 Å². The molecule has 0 unspecified atom stereocenters. The van der Waals surface area contributed by atoms with E-state index in [9.17, 15) is 4.79 Å². The molecule has 1 aliphatic heterocycles. The number of nitrogens with zero attached hydrogens (tertiary/aromatic N) is 3. The summed E-state index contributed by atoms with van der Waals surface area (Å²) in [7, 11) is 0. The molecule has 0 saturated carbocycles. The average Bonchev–Trinajstić information content (AvgIpc) is 3.16. The van der Waals surface area contributed by atoms with Crippen molar-refractivity contribution >= 4 is 23.6 Å². The highest BCUT2D eigenvalue weighted by atomic mass is 16.1. The molecular weight excluding hydrogens is 350 g/mol. The Kier molecular flexibility index (Phi) is 4.76. The van der Waals surface area contributed by atoms with Gasteiger partial charge >= 0.3 is 0 Å². The quantitative estimate of drug-likeness (QED) is 0.722. The van der Waals surface area contributed by atoms with Gasteiger partial charge in [0.1, 0.15) is 12.4 Å². The number of nitrogens with one attached hydrogen (secondary N) is 2. The van der Waals surface area contributed by atoms with Gasteiger partial charge < -0.3 is 10.6 Å². The number of allylic oxidation sites excluding steroid dienone is 2. The van der Waals surface area contributed by atoms with Gasteiger partial charge in [-0.1, -0.05) is 60.7 Å². The van der Waals surface area contributed by atoms with Gasteiger partial charge in [0.05, 0.1) is 5.57 Å². The largest absolute Gasteiger partial charge is 0.328 e. The first-order chi connectivity index (χ1) is 13.6. The first-order valence-corrected chi connectivity index (χ1v) is 9.11. The van der Waals surface area contributed by atoms with Crippen molar-refractivity contribution in [1.82, 2.24) is 14.8 Å². The van der Waals surface area contributed by atoms with E-state index in [2.05, 4.69) is 20.7 Å². The van der Waals surface area contributed by atoms with Gasteiger partial charge in [0, 0.05) is 11.4 Å². The Labute approximate surface area is 163 Å². The summed E-state index contributed by atoms with van der Waals surface area (Å²) in [4.78, 5) is 17.4. The average molecular weight is 371 g/mol. The second kappa shape index (κ2) is 7.52. The molecule has 4 rings (SSSR count). The van der Waals surface area contributed by atoms with Crippen molar-refractivity contribution in [3.63, 3.8) is 0 Å². The highest BCUT2D eigenvalue weighted by Gasteiger charge is 2.30. The number of fused-ring (bicyclic) bond motifs is 1. The third-order valence-electron chi connectivity index (χ3n) is 4.74. The molecule has 3 aromatic rings. The predicted molar refractivity (Wildman–Crippen MR) is 111 cm³/mol. The number of hydrogen-bond acceptors (Lipinski definition) is 4. The minimum Gasteiger partial charge on any atom is -0.328 e. The molecule has 1 aromatic heterocycles. The minimum absolute atomic E-state index is 0.164. The number of carbonyl (C=O) groups is 1. The molecule has 2 aromatic carbocycles. The summed E-state index contributed by atoms with van der Waals surface area (Å²) in [6, 6.07) is 17.3. The second-order valence-electron chi connectivity index (χ2n) is 6.68. The fraction of sp³-hybridized carbons (Fsp3) is 0.136. The molecule has 0 fully saturated rings. The van der Waals surface area contributed by atoms with Crippen molar-refractivity contribution in [3.05, 3.63) is 89.4 Å². The highest BCUT2D eigenvalue weighted by Crippen LogP contribution is 2.31. The molecule has 6 nitrogen and oxygen atoms in total. The van der Waals surface area contributed by atoms with Crippen molar-refractivity contribution in [2.75, 3.05) is 10.6 Å². The van der Waals surface area contributed by atoms with Crippen molar-refractivity contribution < 1.29 is 4.79 Å². The van der Waals surface area contributed by atoms with E-state index in [-0.39, 0.29) is 11.9 Å². The summed E-state index contributed by atoms with van der Waals surface area (Å²) < 4.78 is 1.72. The van der Waals surface area contributed by atoms with Crippen LogP contribution in [0.15, 0.2) is 78.3 Å². The van der Waals surface area contributed by atoms with E-state index in [0.717, 1.165) is 22.5 Å². The van der Waals surface area contributed by atoms with Gasteiger partial charge in [-0.2, -0.15) is 10.1 Å². The van der Waals surface area contributed by atoms with Gasteiger partial charge in [-0.25, -0.2) is 4.68 Å². The van der Waals surface area contributed by atoms with E-state index >= 15 is 0 Å². The van der Waals surface area contributed by atoms with Gasteiger partial charge in [-0.15, -0.1) is 0 Å². The van der Waals surface area contributed by atoms with Crippen LogP contribution in [0.1, 0.15) is 24.1 Å². The Bertz CT molecular complexity index is 1070. The summed E-state index contributed by atoms with van der Waals surface area (Å²) in [5.41, 5.74) is 4.22.